The van der Waals surface area contributed by atoms with Crippen molar-refractivity contribution >= 4 is 17.9 Å². The number of hydrogen-bond acceptors (Lipinski definition) is 7. The van der Waals surface area contributed by atoms with E-state index in [9.17, 15) is 19.5 Å². The van der Waals surface area contributed by atoms with Crippen LogP contribution in [-0.4, -0.2) is 75.5 Å². The molecule has 0 aromatic rings. The van der Waals surface area contributed by atoms with Crippen molar-refractivity contribution in [2.24, 2.45) is 0 Å². The van der Waals surface area contributed by atoms with Gasteiger partial charge in [-0.3, -0.25) is 9.59 Å². The van der Waals surface area contributed by atoms with Crippen molar-refractivity contribution < 1.29 is 38.2 Å². The molecule has 0 saturated heterocycles. The summed E-state index contributed by atoms with van der Waals surface area (Å²) in [7, 11) is 5.41. The first-order chi connectivity index (χ1) is 29.1. The quantitative estimate of drug-likeness (QED) is 0.0260. The third-order valence-corrected chi connectivity index (χ3v) is 11.2. The largest absolute Gasteiger partial charge is 0.544 e. The number of likely N-dealkylation sites (N-methyl/N-ethyl adjacent to an activating group) is 1. The SMILES string of the molecule is CCCCC/C=C\C/C=C\CCCCCCCC(=O)OC(COCCC(C(=O)[O-])[N+](C)(C)C)COC(=O)CCCCCCCCCCC/C=C\CCCCCCCCCC. The summed E-state index contributed by atoms with van der Waals surface area (Å²) >= 11 is 0. The second-order valence-corrected chi connectivity index (χ2v) is 18.0. The number of unbranched alkanes of at least 4 members (excludes halogenated alkanes) is 25. The molecule has 0 aromatic heterocycles. The molecule has 350 valence electrons. The number of carboxylic acids is 1. The van der Waals surface area contributed by atoms with E-state index in [0.29, 0.717) is 12.8 Å². The fourth-order valence-corrected chi connectivity index (χ4v) is 7.33. The van der Waals surface area contributed by atoms with Crippen molar-refractivity contribution in [1.82, 2.24) is 0 Å². The molecule has 0 aliphatic carbocycles. The van der Waals surface area contributed by atoms with E-state index < -0.39 is 18.1 Å². The normalized spacial score (nSPS) is 13.2. The summed E-state index contributed by atoms with van der Waals surface area (Å²) in [6, 6.07) is -0.728. The van der Waals surface area contributed by atoms with Gasteiger partial charge in [-0.05, 0) is 70.6 Å². The lowest BCUT2D eigenvalue weighted by atomic mass is 10.1. The van der Waals surface area contributed by atoms with Crippen LogP contribution < -0.4 is 5.11 Å². The molecule has 0 radical (unpaired) electrons. The topological polar surface area (TPSA) is 102 Å². The number of ether oxygens (including phenoxy) is 3. The summed E-state index contributed by atoms with van der Waals surface area (Å²) in [5, 5.41) is 11.6. The van der Waals surface area contributed by atoms with Gasteiger partial charge in [-0.25, -0.2) is 0 Å². The minimum atomic E-state index is -1.13. The highest BCUT2D eigenvalue weighted by Gasteiger charge is 2.25. The van der Waals surface area contributed by atoms with Gasteiger partial charge in [0.2, 0.25) is 0 Å². The molecule has 0 aromatic carbocycles. The van der Waals surface area contributed by atoms with E-state index in [0.717, 1.165) is 64.2 Å². The molecule has 0 aliphatic rings. The number of carbonyl (C=O) groups is 3. The average Bonchev–Trinajstić information content (AvgIpc) is 3.21. The highest BCUT2D eigenvalue weighted by Crippen LogP contribution is 2.15. The zero-order valence-corrected chi connectivity index (χ0v) is 39.9. The van der Waals surface area contributed by atoms with Crippen LogP contribution in [0.5, 0.6) is 0 Å². The number of aliphatic carboxylic acids is 1. The molecule has 0 amide bonds. The molecule has 8 heteroatoms. The lowest BCUT2D eigenvalue weighted by Crippen LogP contribution is -2.55. The number of nitrogens with zero attached hydrogens (tertiary/aromatic N) is 1. The number of quaternary nitrogens is 1. The summed E-state index contributed by atoms with van der Waals surface area (Å²) in [4.78, 5) is 37.0. The van der Waals surface area contributed by atoms with Crippen molar-refractivity contribution in [3.63, 3.8) is 0 Å². The Kier molecular flexibility index (Phi) is 41.4. The summed E-state index contributed by atoms with van der Waals surface area (Å²) < 4.78 is 17.2. The predicted octanol–water partition coefficient (Wildman–Crippen LogP) is 12.9. The summed E-state index contributed by atoms with van der Waals surface area (Å²) in [6.07, 6.45) is 50.3. The van der Waals surface area contributed by atoms with Crippen LogP contribution in [0.1, 0.15) is 226 Å². The first kappa shape index (κ1) is 57.5. The highest BCUT2D eigenvalue weighted by atomic mass is 16.6. The van der Waals surface area contributed by atoms with Gasteiger partial charge in [0, 0.05) is 19.3 Å². The Morgan fingerprint density at radius 3 is 1.33 bits per heavy atom. The van der Waals surface area contributed by atoms with Gasteiger partial charge in [0.15, 0.2) is 6.10 Å². The molecule has 8 nitrogen and oxygen atoms in total. The van der Waals surface area contributed by atoms with E-state index in [1.165, 1.54) is 128 Å². The molecule has 0 heterocycles. The molecule has 0 aliphatic heterocycles. The standard InChI is InChI=1S/C52H95NO7/c1-6-8-10-12-14-16-18-20-22-23-24-25-26-27-29-30-32-34-36-38-40-42-50(54)59-47-48(46-58-45-44-49(52(56)57)53(3,4)5)60-51(55)43-41-39-37-35-33-31-28-21-19-17-15-13-11-9-7-2/h15,17,21,23-24,28,48-49H,6-14,16,18-20,22,25-27,29-47H2,1-5H3/b17-15-,24-23-,28-21-. The van der Waals surface area contributed by atoms with E-state index in [1.54, 1.807) is 21.1 Å². The van der Waals surface area contributed by atoms with Gasteiger partial charge in [0.05, 0.1) is 40.3 Å². The minimum absolute atomic E-state index is 0.0359. The van der Waals surface area contributed by atoms with Crippen molar-refractivity contribution in [2.75, 3.05) is 41.0 Å². The number of carboxylic acid groups (broad SMARTS) is 1. The third kappa shape index (κ3) is 40.9. The monoisotopic (exact) mass is 846 g/mol. The van der Waals surface area contributed by atoms with Crippen LogP contribution in [0, 0.1) is 0 Å². The maximum atomic E-state index is 12.7. The maximum Gasteiger partial charge on any atom is 0.306 e. The summed E-state index contributed by atoms with van der Waals surface area (Å²) in [6.45, 7) is 4.64. The Balaban J connectivity index is 4.24. The van der Waals surface area contributed by atoms with Crippen LogP contribution in [-0.2, 0) is 28.6 Å². The first-order valence-electron chi connectivity index (χ1n) is 25.0. The van der Waals surface area contributed by atoms with Gasteiger partial charge >= 0.3 is 11.9 Å². The number of carbonyl (C=O) groups excluding carboxylic acids is 3. The van der Waals surface area contributed by atoms with Gasteiger partial charge in [-0.1, -0.05) is 172 Å². The lowest BCUT2D eigenvalue weighted by molar-refractivity contribution is -0.889. The fraction of sp³-hybridized carbons (Fsp3) is 0.827. The molecular formula is C52H95NO7. The minimum Gasteiger partial charge on any atom is -0.544 e. The maximum absolute atomic E-state index is 12.7. The molecule has 0 rings (SSSR count). The first-order valence-corrected chi connectivity index (χ1v) is 25.0. The van der Waals surface area contributed by atoms with Crippen molar-refractivity contribution in [3.05, 3.63) is 36.5 Å². The Hall–Kier alpha value is -2.45. The number of rotatable bonds is 45. The zero-order valence-electron chi connectivity index (χ0n) is 39.9. The van der Waals surface area contributed by atoms with E-state index in [2.05, 4.69) is 50.3 Å². The van der Waals surface area contributed by atoms with E-state index in [-0.39, 0.29) is 42.7 Å². The van der Waals surface area contributed by atoms with Crippen molar-refractivity contribution in [3.8, 4) is 0 Å². The zero-order chi connectivity index (χ0) is 44.2. The number of allylic oxidation sites excluding steroid dienone is 6. The predicted molar refractivity (Wildman–Crippen MR) is 250 cm³/mol. The second kappa shape index (κ2) is 43.2. The summed E-state index contributed by atoms with van der Waals surface area (Å²) in [5.74, 6) is -1.75. The summed E-state index contributed by atoms with van der Waals surface area (Å²) in [5.41, 5.74) is 0. The van der Waals surface area contributed by atoms with Crippen LogP contribution in [0.3, 0.4) is 0 Å². The molecule has 0 saturated carbocycles. The van der Waals surface area contributed by atoms with Gasteiger partial charge < -0.3 is 28.6 Å². The van der Waals surface area contributed by atoms with Crippen molar-refractivity contribution in [2.45, 2.75) is 238 Å². The molecular weight excluding hydrogens is 751 g/mol. The van der Waals surface area contributed by atoms with Crippen LogP contribution in [0.25, 0.3) is 0 Å². The Morgan fingerprint density at radius 1 is 0.500 bits per heavy atom. The molecule has 0 spiro atoms. The van der Waals surface area contributed by atoms with Gasteiger partial charge in [0.1, 0.15) is 12.6 Å². The number of hydrogen-bond donors (Lipinski definition) is 0. The van der Waals surface area contributed by atoms with E-state index >= 15 is 0 Å². The fourth-order valence-electron chi connectivity index (χ4n) is 7.33. The van der Waals surface area contributed by atoms with Gasteiger partial charge in [0.25, 0.3) is 0 Å². The van der Waals surface area contributed by atoms with Gasteiger partial charge in [-0.15, -0.1) is 0 Å². The highest BCUT2D eigenvalue weighted by molar-refractivity contribution is 5.70. The third-order valence-electron chi connectivity index (χ3n) is 11.2. The van der Waals surface area contributed by atoms with Crippen LogP contribution in [0.2, 0.25) is 0 Å². The van der Waals surface area contributed by atoms with Crippen LogP contribution in [0.15, 0.2) is 36.5 Å². The molecule has 2 unspecified atom stereocenters. The molecule has 2 atom stereocenters. The van der Waals surface area contributed by atoms with E-state index in [1.807, 2.05) is 0 Å². The molecule has 60 heavy (non-hydrogen) atoms. The Morgan fingerprint density at radius 2 is 0.883 bits per heavy atom. The van der Waals surface area contributed by atoms with Crippen LogP contribution >= 0.6 is 0 Å². The Bertz CT molecular complexity index is 1080. The van der Waals surface area contributed by atoms with Gasteiger partial charge in [-0.2, -0.15) is 0 Å². The Labute approximate surface area is 370 Å². The van der Waals surface area contributed by atoms with Crippen LogP contribution in [0.4, 0.5) is 0 Å². The number of esters is 2. The lowest BCUT2D eigenvalue weighted by Gasteiger charge is -2.34. The van der Waals surface area contributed by atoms with Crippen molar-refractivity contribution in [1.29, 1.82) is 0 Å². The molecule has 0 fully saturated rings. The molecule has 0 bridgehead atoms. The smallest absolute Gasteiger partial charge is 0.306 e. The average molecular weight is 846 g/mol. The molecule has 0 N–H and O–H groups in total. The second-order valence-electron chi connectivity index (χ2n) is 18.0. The van der Waals surface area contributed by atoms with E-state index in [4.69, 9.17) is 14.2 Å².